The van der Waals surface area contributed by atoms with Gasteiger partial charge in [0, 0.05) is 12.2 Å². The first-order valence-corrected chi connectivity index (χ1v) is 6.84. The number of carboxylic acids is 1. The fourth-order valence-corrected chi connectivity index (χ4v) is 2.82. The van der Waals surface area contributed by atoms with Gasteiger partial charge in [0.1, 0.15) is 11.9 Å². The average Bonchev–Trinajstić information content (AvgIpc) is 2.71. The van der Waals surface area contributed by atoms with Crippen LogP contribution in [0.25, 0.3) is 0 Å². The van der Waals surface area contributed by atoms with Gasteiger partial charge in [-0.05, 0) is 18.1 Å². The van der Waals surface area contributed by atoms with E-state index in [2.05, 4.69) is 14.7 Å². The van der Waals surface area contributed by atoms with E-state index in [0.29, 0.717) is 12.3 Å². The topological polar surface area (TPSA) is 75.1 Å². The smallest absolute Gasteiger partial charge is 0.321 e. The Bertz CT molecular complexity index is 343. The molecular formula is C9H15N3O2S2. The van der Waals surface area contributed by atoms with Crippen molar-refractivity contribution in [2.75, 3.05) is 12.3 Å². The predicted octanol–water partition coefficient (Wildman–Crippen LogP) is 1.26. The molecule has 0 saturated heterocycles. The molecule has 0 amide bonds. The number of hydrogen-bond donors (Lipinski definition) is 2. The third-order valence-electron chi connectivity index (χ3n) is 1.89. The minimum absolute atomic E-state index is 0.474. The molecule has 0 aliphatic carbocycles. The molecule has 0 aliphatic heterocycles. The van der Waals surface area contributed by atoms with Gasteiger partial charge in [0.25, 0.3) is 0 Å². The molecule has 1 aromatic rings. The highest BCUT2D eigenvalue weighted by molar-refractivity contribution is 8.01. The monoisotopic (exact) mass is 261 g/mol. The van der Waals surface area contributed by atoms with Crippen LogP contribution in [0.2, 0.25) is 0 Å². The van der Waals surface area contributed by atoms with Crippen molar-refractivity contribution in [1.82, 2.24) is 14.7 Å². The van der Waals surface area contributed by atoms with Crippen molar-refractivity contribution in [2.24, 2.45) is 0 Å². The second-order valence-electron chi connectivity index (χ2n) is 3.09. The van der Waals surface area contributed by atoms with E-state index in [-0.39, 0.29) is 0 Å². The molecule has 0 fully saturated rings. The zero-order valence-corrected chi connectivity index (χ0v) is 10.9. The number of hydrogen-bond acceptors (Lipinski definition) is 6. The Labute approximate surface area is 103 Å². The largest absolute Gasteiger partial charge is 0.480 e. The number of aliphatic carboxylic acids is 1. The molecule has 0 bridgehead atoms. The van der Waals surface area contributed by atoms with Crippen LogP contribution in [0.1, 0.15) is 19.7 Å². The second kappa shape index (κ2) is 6.82. The molecule has 16 heavy (non-hydrogen) atoms. The molecule has 0 radical (unpaired) electrons. The van der Waals surface area contributed by atoms with Crippen LogP contribution in [-0.4, -0.2) is 38.8 Å². The highest BCUT2D eigenvalue weighted by atomic mass is 32.2. The van der Waals surface area contributed by atoms with Gasteiger partial charge in [0.05, 0.1) is 0 Å². The maximum atomic E-state index is 10.9. The Hall–Kier alpha value is -0.660. The molecule has 0 spiro atoms. The molecule has 1 unspecified atom stereocenters. The van der Waals surface area contributed by atoms with Crippen molar-refractivity contribution in [3.63, 3.8) is 0 Å². The fraction of sp³-hybridized carbons (Fsp3) is 0.667. The lowest BCUT2D eigenvalue weighted by atomic mass is 10.3. The molecular weight excluding hydrogens is 246 g/mol. The van der Waals surface area contributed by atoms with Crippen LogP contribution in [0, 0.1) is 0 Å². The number of thioether (sulfide) groups is 1. The van der Waals surface area contributed by atoms with Gasteiger partial charge in [-0.15, -0.1) is 0 Å². The van der Waals surface area contributed by atoms with Crippen LogP contribution in [0.4, 0.5) is 0 Å². The number of likely N-dealkylation sites (N-methyl/N-ethyl adjacent to an activating group) is 1. The van der Waals surface area contributed by atoms with Crippen LogP contribution in [0.5, 0.6) is 0 Å². The maximum absolute atomic E-state index is 10.9. The van der Waals surface area contributed by atoms with Crippen molar-refractivity contribution in [3.05, 3.63) is 5.82 Å². The molecule has 1 atom stereocenters. The number of carbonyl (C=O) groups is 1. The predicted molar refractivity (Wildman–Crippen MR) is 65.1 cm³/mol. The Balaban J connectivity index is 2.45. The van der Waals surface area contributed by atoms with Crippen LogP contribution >= 0.6 is 23.3 Å². The van der Waals surface area contributed by atoms with Gasteiger partial charge in [0.2, 0.25) is 0 Å². The van der Waals surface area contributed by atoms with Crippen LogP contribution < -0.4 is 5.32 Å². The van der Waals surface area contributed by atoms with Crippen LogP contribution in [0.15, 0.2) is 4.34 Å². The van der Waals surface area contributed by atoms with Crippen molar-refractivity contribution >= 4 is 29.3 Å². The van der Waals surface area contributed by atoms with Crippen LogP contribution in [0.3, 0.4) is 0 Å². The molecule has 1 heterocycles. The summed E-state index contributed by atoms with van der Waals surface area (Å²) in [7, 11) is 0. The summed E-state index contributed by atoms with van der Waals surface area (Å²) >= 11 is 2.76. The third kappa shape index (κ3) is 4.07. The highest BCUT2D eigenvalue weighted by Crippen LogP contribution is 2.21. The van der Waals surface area contributed by atoms with Gasteiger partial charge in [-0.25, -0.2) is 4.98 Å². The van der Waals surface area contributed by atoms with Gasteiger partial charge < -0.3 is 10.4 Å². The Morgan fingerprint density at radius 3 is 2.88 bits per heavy atom. The Kier molecular flexibility index (Phi) is 5.72. The second-order valence-corrected chi connectivity index (χ2v) is 5.11. The lowest BCUT2D eigenvalue weighted by molar-refractivity contribution is -0.138. The molecule has 90 valence electrons. The normalized spacial score (nSPS) is 12.6. The summed E-state index contributed by atoms with van der Waals surface area (Å²) in [5.41, 5.74) is 0. The molecule has 0 aliphatic rings. The average molecular weight is 261 g/mol. The van der Waals surface area contributed by atoms with E-state index in [1.54, 1.807) is 0 Å². The summed E-state index contributed by atoms with van der Waals surface area (Å²) in [6.07, 6.45) is 0.812. The minimum atomic E-state index is -0.824. The van der Waals surface area contributed by atoms with Crippen molar-refractivity contribution in [1.29, 1.82) is 0 Å². The third-order valence-corrected chi connectivity index (χ3v) is 3.85. The molecule has 1 aromatic heterocycles. The SMILES string of the molecule is CCNC(CSc1nc(CC)ns1)C(=O)O. The van der Waals surface area contributed by atoms with Gasteiger partial charge in [-0.3, -0.25) is 4.79 Å². The summed E-state index contributed by atoms with van der Waals surface area (Å²) in [6, 6.07) is -0.524. The number of aryl methyl sites for hydroxylation is 1. The van der Waals surface area contributed by atoms with Gasteiger partial charge in [-0.1, -0.05) is 25.6 Å². The Morgan fingerprint density at radius 2 is 2.38 bits per heavy atom. The summed E-state index contributed by atoms with van der Waals surface area (Å²) in [5, 5.41) is 11.8. The number of rotatable bonds is 7. The van der Waals surface area contributed by atoms with E-state index in [1.165, 1.54) is 23.3 Å². The zero-order valence-electron chi connectivity index (χ0n) is 9.27. The summed E-state index contributed by atoms with van der Waals surface area (Å²) in [6.45, 7) is 4.53. The highest BCUT2D eigenvalue weighted by Gasteiger charge is 2.17. The van der Waals surface area contributed by atoms with E-state index in [1.807, 2.05) is 13.8 Å². The zero-order chi connectivity index (χ0) is 12.0. The Morgan fingerprint density at radius 1 is 1.62 bits per heavy atom. The number of carboxylic acid groups (broad SMARTS) is 1. The summed E-state index contributed by atoms with van der Waals surface area (Å²) in [5.74, 6) is 0.471. The molecule has 2 N–H and O–H groups in total. The van der Waals surface area contributed by atoms with Gasteiger partial charge in [0.15, 0.2) is 4.34 Å². The first kappa shape index (κ1) is 13.4. The molecule has 0 saturated carbocycles. The van der Waals surface area contributed by atoms with Crippen LogP contribution in [-0.2, 0) is 11.2 Å². The molecule has 1 rings (SSSR count). The van der Waals surface area contributed by atoms with E-state index in [4.69, 9.17) is 5.11 Å². The molecule has 7 heteroatoms. The van der Waals surface area contributed by atoms with Crippen molar-refractivity contribution in [2.45, 2.75) is 30.6 Å². The fourth-order valence-electron chi connectivity index (χ4n) is 1.06. The maximum Gasteiger partial charge on any atom is 0.321 e. The van der Waals surface area contributed by atoms with E-state index < -0.39 is 12.0 Å². The number of nitrogens with zero attached hydrogens (tertiary/aromatic N) is 2. The molecule has 5 nitrogen and oxygen atoms in total. The van der Waals surface area contributed by atoms with E-state index in [9.17, 15) is 4.79 Å². The quantitative estimate of drug-likeness (QED) is 0.720. The van der Waals surface area contributed by atoms with Crippen molar-refractivity contribution < 1.29 is 9.90 Å². The van der Waals surface area contributed by atoms with E-state index >= 15 is 0 Å². The first-order chi connectivity index (χ1) is 7.67. The lowest BCUT2D eigenvalue weighted by Gasteiger charge is -2.10. The lowest BCUT2D eigenvalue weighted by Crippen LogP contribution is -2.38. The van der Waals surface area contributed by atoms with Gasteiger partial charge >= 0.3 is 5.97 Å². The first-order valence-electron chi connectivity index (χ1n) is 5.08. The number of nitrogens with one attached hydrogen (secondary N) is 1. The van der Waals surface area contributed by atoms with Crippen molar-refractivity contribution in [3.8, 4) is 0 Å². The summed E-state index contributed by atoms with van der Waals surface area (Å²) in [4.78, 5) is 15.1. The molecule has 0 aromatic carbocycles. The standard InChI is InChI=1S/C9H15N3O2S2/c1-3-7-11-9(16-12-7)15-5-6(8(13)14)10-4-2/h6,10H,3-5H2,1-2H3,(H,13,14). The van der Waals surface area contributed by atoms with Gasteiger partial charge in [-0.2, -0.15) is 4.37 Å². The van der Waals surface area contributed by atoms with E-state index in [0.717, 1.165) is 16.6 Å². The minimum Gasteiger partial charge on any atom is -0.480 e. The number of aromatic nitrogens is 2. The summed E-state index contributed by atoms with van der Waals surface area (Å²) < 4.78 is 4.98.